The lowest BCUT2D eigenvalue weighted by Gasteiger charge is -2.31. The van der Waals surface area contributed by atoms with Crippen LogP contribution in [0.4, 0.5) is 11.4 Å². The van der Waals surface area contributed by atoms with Gasteiger partial charge in [-0.2, -0.15) is 0 Å². The van der Waals surface area contributed by atoms with E-state index in [2.05, 4.69) is 45.3 Å². The van der Waals surface area contributed by atoms with E-state index in [9.17, 15) is 9.90 Å². The maximum atomic E-state index is 11.6. The molecule has 0 amide bonds. The third-order valence-electron chi connectivity index (χ3n) is 5.85. The van der Waals surface area contributed by atoms with Crippen LogP contribution in [0.5, 0.6) is 0 Å². The Balaban J connectivity index is 1.76. The second-order valence-corrected chi connectivity index (χ2v) is 9.64. The molecule has 0 aliphatic carbocycles. The molecule has 1 aliphatic heterocycles. The monoisotopic (exact) mass is 451 g/mol. The van der Waals surface area contributed by atoms with Crippen LogP contribution in [0, 0.1) is 0 Å². The predicted octanol–water partition coefficient (Wildman–Crippen LogP) is 6.07. The summed E-state index contributed by atoms with van der Waals surface area (Å²) in [6.45, 7) is 6.20. The SMILES string of the molecule is C/C=S(\Nc1cc(-c2cnoc2)ccc1N1CCCCC1)c1cc(C(=O)O)ccc1CC. The molecule has 2 N–H and O–H groups in total. The molecule has 0 radical (unpaired) electrons. The summed E-state index contributed by atoms with van der Waals surface area (Å²) in [6, 6.07) is 11.9. The van der Waals surface area contributed by atoms with Gasteiger partial charge in [-0.3, -0.25) is 0 Å². The van der Waals surface area contributed by atoms with Crippen molar-refractivity contribution >= 4 is 33.4 Å². The van der Waals surface area contributed by atoms with Crippen LogP contribution in [0.1, 0.15) is 49.0 Å². The predicted molar refractivity (Wildman–Crippen MR) is 132 cm³/mol. The number of hydrogen-bond donors (Lipinski definition) is 2. The molecule has 0 saturated carbocycles. The summed E-state index contributed by atoms with van der Waals surface area (Å²) >= 11 is 0. The lowest BCUT2D eigenvalue weighted by Crippen LogP contribution is -2.29. The number of carbonyl (C=O) groups is 1. The summed E-state index contributed by atoms with van der Waals surface area (Å²) in [7, 11) is -0.458. The molecular weight excluding hydrogens is 422 g/mol. The molecule has 2 heterocycles. The fourth-order valence-electron chi connectivity index (χ4n) is 4.10. The highest BCUT2D eigenvalue weighted by Crippen LogP contribution is 2.39. The Bertz CT molecular complexity index is 1120. The van der Waals surface area contributed by atoms with E-state index in [1.165, 1.54) is 24.9 Å². The number of aryl methyl sites for hydroxylation is 1. The average Bonchev–Trinajstić information content (AvgIpc) is 3.37. The molecule has 1 unspecified atom stereocenters. The number of carboxylic acid groups (broad SMARTS) is 1. The van der Waals surface area contributed by atoms with Crippen LogP contribution in [-0.2, 0) is 6.42 Å². The van der Waals surface area contributed by atoms with Gasteiger partial charge in [-0.25, -0.2) is 4.79 Å². The molecule has 0 spiro atoms. The van der Waals surface area contributed by atoms with Crippen molar-refractivity contribution in [2.75, 3.05) is 22.7 Å². The van der Waals surface area contributed by atoms with Gasteiger partial charge in [0.25, 0.3) is 0 Å². The maximum absolute atomic E-state index is 11.6. The molecule has 6 nitrogen and oxygen atoms in total. The molecule has 32 heavy (non-hydrogen) atoms. The molecule has 1 atom stereocenters. The quantitative estimate of drug-likeness (QED) is 0.425. The Labute approximate surface area is 191 Å². The van der Waals surface area contributed by atoms with Crippen molar-refractivity contribution < 1.29 is 14.4 Å². The summed E-state index contributed by atoms with van der Waals surface area (Å²) < 4.78 is 8.79. The minimum Gasteiger partial charge on any atom is -0.478 e. The zero-order valence-electron chi connectivity index (χ0n) is 18.5. The number of nitrogens with zero attached hydrogens (tertiary/aromatic N) is 2. The van der Waals surface area contributed by atoms with Crippen LogP contribution >= 0.6 is 10.7 Å². The van der Waals surface area contributed by atoms with Gasteiger partial charge in [0.2, 0.25) is 0 Å². The van der Waals surface area contributed by atoms with E-state index in [-0.39, 0.29) is 0 Å². The summed E-state index contributed by atoms with van der Waals surface area (Å²) in [5.41, 5.74) is 5.64. The van der Waals surface area contributed by atoms with Crippen LogP contribution in [0.25, 0.3) is 11.1 Å². The second kappa shape index (κ2) is 10.0. The van der Waals surface area contributed by atoms with Crippen molar-refractivity contribution in [3.63, 3.8) is 0 Å². The fraction of sp³-hybridized carbons (Fsp3) is 0.320. The highest BCUT2D eigenvalue weighted by molar-refractivity contribution is 8.16. The molecule has 1 aliphatic rings. The largest absolute Gasteiger partial charge is 0.478 e. The van der Waals surface area contributed by atoms with E-state index >= 15 is 0 Å². The maximum Gasteiger partial charge on any atom is 0.335 e. The Morgan fingerprint density at radius 1 is 1.19 bits per heavy atom. The van der Waals surface area contributed by atoms with E-state index in [0.717, 1.165) is 46.8 Å². The van der Waals surface area contributed by atoms with Crippen LogP contribution in [-0.4, -0.2) is 34.7 Å². The first-order valence-electron chi connectivity index (χ1n) is 11.0. The average molecular weight is 452 g/mol. The number of rotatable bonds is 7. The van der Waals surface area contributed by atoms with Crippen LogP contribution in [0.3, 0.4) is 0 Å². The third kappa shape index (κ3) is 4.72. The number of piperidine rings is 1. The van der Waals surface area contributed by atoms with E-state index in [0.29, 0.717) is 5.56 Å². The molecular formula is C25H29N3O3S. The second-order valence-electron chi connectivity index (χ2n) is 7.85. The van der Waals surface area contributed by atoms with Crippen molar-refractivity contribution in [2.24, 2.45) is 0 Å². The van der Waals surface area contributed by atoms with Crippen LogP contribution in [0.15, 0.2) is 58.3 Å². The summed E-state index contributed by atoms with van der Waals surface area (Å²) in [4.78, 5) is 15.1. The number of anilines is 2. The normalized spacial score (nSPS) is 15.0. The first kappa shape index (κ1) is 22.1. The number of nitrogens with one attached hydrogen (secondary N) is 1. The molecule has 168 valence electrons. The van der Waals surface area contributed by atoms with Gasteiger partial charge in [0.1, 0.15) is 6.26 Å². The number of benzene rings is 2. The Morgan fingerprint density at radius 2 is 2.00 bits per heavy atom. The van der Waals surface area contributed by atoms with Gasteiger partial charge in [-0.05, 0) is 73.4 Å². The van der Waals surface area contributed by atoms with Crippen molar-refractivity contribution in [3.05, 3.63) is 60.0 Å². The molecule has 3 aromatic rings. The lowest BCUT2D eigenvalue weighted by molar-refractivity contribution is 0.0696. The molecule has 0 bridgehead atoms. The summed E-state index contributed by atoms with van der Waals surface area (Å²) in [5, 5.41) is 15.5. The number of aromatic nitrogens is 1. The smallest absolute Gasteiger partial charge is 0.335 e. The van der Waals surface area contributed by atoms with E-state index in [1.54, 1.807) is 18.5 Å². The molecule has 4 rings (SSSR count). The van der Waals surface area contributed by atoms with Gasteiger partial charge >= 0.3 is 5.97 Å². The molecule has 1 saturated heterocycles. The van der Waals surface area contributed by atoms with Crippen molar-refractivity contribution in [2.45, 2.75) is 44.4 Å². The summed E-state index contributed by atoms with van der Waals surface area (Å²) in [5.74, 6) is -0.906. The number of hydrogen-bond acceptors (Lipinski definition) is 5. The van der Waals surface area contributed by atoms with Gasteiger partial charge < -0.3 is 19.3 Å². The van der Waals surface area contributed by atoms with Crippen LogP contribution in [0.2, 0.25) is 0 Å². The van der Waals surface area contributed by atoms with Gasteiger partial charge in [0.05, 0.1) is 23.1 Å². The van der Waals surface area contributed by atoms with Gasteiger partial charge in [0.15, 0.2) is 0 Å². The molecule has 1 aromatic heterocycles. The van der Waals surface area contributed by atoms with Crippen molar-refractivity contribution in [1.29, 1.82) is 0 Å². The minimum absolute atomic E-state index is 0.313. The first-order valence-corrected chi connectivity index (χ1v) is 12.3. The fourth-order valence-corrected chi connectivity index (χ4v) is 5.73. The number of carboxylic acids is 1. The summed E-state index contributed by atoms with van der Waals surface area (Å²) in [6.07, 6.45) is 7.87. The topological polar surface area (TPSA) is 78.6 Å². The zero-order valence-corrected chi connectivity index (χ0v) is 19.3. The number of aromatic carboxylic acids is 1. The Morgan fingerprint density at radius 3 is 2.66 bits per heavy atom. The van der Waals surface area contributed by atoms with Crippen molar-refractivity contribution in [3.8, 4) is 11.1 Å². The molecule has 7 heteroatoms. The van der Waals surface area contributed by atoms with E-state index < -0.39 is 16.6 Å². The highest BCUT2D eigenvalue weighted by atomic mass is 32.2. The highest BCUT2D eigenvalue weighted by Gasteiger charge is 2.18. The van der Waals surface area contributed by atoms with Gasteiger partial charge in [-0.1, -0.05) is 34.9 Å². The van der Waals surface area contributed by atoms with Crippen LogP contribution < -0.4 is 9.62 Å². The van der Waals surface area contributed by atoms with Gasteiger partial charge in [-0.15, -0.1) is 0 Å². The van der Waals surface area contributed by atoms with E-state index in [4.69, 9.17) is 4.52 Å². The van der Waals surface area contributed by atoms with Crippen molar-refractivity contribution in [1.82, 2.24) is 5.16 Å². The molecule has 2 aromatic carbocycles. The third-order valence-corrected chi connectivity index (χ3v) is 7.61. The van der Waals surface area contributed by atoms with Gasteiger partial charge in [0, 0.05) is 23.5 Å². The van der Waals surface area contributed by atoms with E-state index in [1.807, 2.05) is 19.1 Å². The zero-order chi connectivity index (χ0) is 22.5. The minimum atomic E-state index is -0.906. The molecule has 1 fully saturated rings. The standard InChI is InChI=1S/C25H29N3O3S/c1-3-18-8-9-20(25(29)30)15-24(18)32(4-2)27-22-14-19(21-16-26-31-17-21)10-11-23(22)28-12-6-5-7-13-28/h4,8-11,14-17,27H,3,5-7,12-13H2,1-2H3,(H,29,30). The Hall–Kier alpha value is -3.06. The lowest BCUT2D eigenvalue weighted by atomic mass is 10.1. The Kier molecular flexibility index (Phi) is 6.95. The first-order chi connectivity index (χ1) is 15.6.